The van der Waals surface area contributed by atoms with Crippen molar-refractivity contribution in [3.8, 4) is 0 Å². The van der Waals surface area contributed by atoms with Crippen LogP contribution in [0.5, 0.6) is 0 Å². The van der Waals surface area contributed by atoms with Gasteiger partial charge in [0, 0.05) is 10.7 Å². The SMILES string of the molecule is Brc1cccnc1C1CCCCCN1. The van der Waals surface area contributed by atoms with Gasteiger partial charge in [0.15, 0.2) is 0 Å². The summed E-state index contributed by atoms with van der Waals surface area (Å²) in [6, 6.07) is 4.47. The van der Waals surface area contributed by atoms with Crippen LogP contribution in [0.2, 0.25) is 0 Å². The van der Waals surface area contributed by atoms with Crippen LogP contribution < -0.4 is 5.32 Å². The van der Waals surface area contributed by atoms with Gasteiger partial charge < -0.3 is 5.32 Å². The van der Waals surface area contributed by atoms with Gasteiger partial charge in [0.05, 0.1) is 11.7 Å². The number of hydrogen-bond acceptors (Lipinski definition) is 2. The molecule has 0 aromatic carbocycles. The fourth-order valence-electron chi connectivity index (χ4n) is 1.92. The molecule has 0 radical (unpaired) electrons. The van der Waals surface area contributed by atoms with Gasteiger partial charge >= 0.3 is 0 Å². The van der Waals surface area contributed by atoms with E-state index in [0.29, 0.717) is 6.04 Å². The molecule has 14 heavy (non-hydrogen) atoms. The number of halogens is 1. The van der Waals surface area contributed by atoms with E-state index in [2.05, 4.69) is 32.3 Å². The Kier molecular flexibility index (Phi) is 3.54. The quantitative estimate of drug-likeness (QED) is 0.834. The Morgan fingerprint density at radius 1 is 1.36 bits per heavy atom. The molecule has 0 amide bonds. The molecule has 0 spiro atoms. The second-order valence-electron chi connectivity index (χ2n) is 3.73. The normalized spacial score (nSPS) is 23.1. The van der Waals surface area contributed by atoms with E-state index >= 15 is 0 Å². The number of hydrogen-bond donors (Lipinski definition) is 1. The van der Waals surface area contributed by atoms with E-state index in [4.69, 9.17) is 0 Å². The topological polar surface area (TPSA) is 24.9 Å². The number of nitrogens with zero attached hydrogens (tertiary/aromatic N) is 1. The molecule has 3 heteroatoms. The molecule has 2 rings (SSSR count). The van der Waals surface area contributed by atoms with Gasteiger partial charge in [-0.3, -0.25) is 4.98 Å². The van der Waals surface area contributed by atoms with Gasteiger partial charge in [-0.05, 0) is 47.4 Å². The highest BCUT2D eigenvalue weighted by atomic mass is 79.9. The molecule has 0 aliphatic carbocycles. The number of aromatic nitrogens is 1. The molecular weight excluding hydrogens is 240 g/mol. The van der Waals surface area contributed by atoms with Crippen LogP contribution in [-0.2, 0) is 0 Å². The second-order valence-corrected chi connectivity index (χ2v) is 4.58. The summed E-state index contributed by atoms with van der Waals surface area (Å²) in [6.45, 7) is 1.12. The minimum absolute atomic E-state index is 0.438. The standard InChI is InChI=1S/C11H15BrN2/c12-9-5-4-8-14-11(9)10-6-2-1-3-7-13-10/h4-5,8,10,13H,1-3,6-7H2. The molecule has 1 aromatic heterocycles. The molecule has 1 N–H and O–H groups in total. The van der Waals surface area contributed by atoms with Crippen molar-refractivity contribution in [1.82, 2.24) is 10.3 Å². The smallest absolute Gasteiger partial charge is 0.0714 e. The van der Waals surface area contributed by atoms with Gasteiger partial charge in [-0.15, -0.1) is 0 Å². The zero-order valence-corrected chi connectivity index (χ0v) is 9.76. The van der Waals surface area contributed by atoms with E-state index < -0.39 is 0 Å². The first kappa shape index (κ1) is 10.1. The van der Waals surface area contributed by atoms with Crippen molar-refractivity contribution in [3.05, 3.63) is 28.5 Å². The summed E-state index contributed by atoms with van der Waals surface area (Å²) in [5.74, 6) is 0. The van der Waals surface area contributed by atoms with Crippen LogP contribution >= 0.6 is 15.9 Å². The van der Waals surface area contributed by atoms with Gasteiger partial charge in [0.1, 0.15) is 0 Å². The molecule has 1 unspecified atom stereocenters. The highest BCUT2D eigenvalue weighted by Crippen LogP contribution is 2.26. The highest BCUT2D eigenvalue weighted by Gasteiger charge is 2.16. The van der Waals surface area contributed by atoms with Crippen LogP contribution in [0.25, 0.3) is 0 Å². The summed E-state index contributed by atoms with van der Waals surface area (Å²) in [6.07, 6.45) is 7.01. The van der Waals surface area contributed by atoms with E-state index in [1.54, 1.807) is 0 Å². The summed E-state index contributed by atoms with van der Waals surface area (Å²) in [4.78, 5) is 4.43. The van der Waals surface area contributed by atoms with Gasteiger partial charge in [-0.1, -0.05) is 12.8 Å². The average Bonchev–Trinajstić information content (AvgIpc) is 2.47. The van der Waals surface area contributed by atoms with Crippen molar-refractivity contribution >= 4 is 15.9 Å². The lowest BCUT2D eigenvalue weighted by molar-refractivity contribution is 0.520. The number of pyridine rings is 1. The van der Waals surface area contributed by atoms with Crippen molar-refractivity contribution in [3.63, 3.8) is 0 Å². The van der Waals surface area contributed by atoms with Crippen LogP contribution in [0.1, 0.15) is 37.4 Å². The van der Waals surface area contributed by atoms with Gasteiger partial charge in [0.25, 0.3) is 0 Å². The molecule has 0 bridgehead atoms. The predicted molar refractivity (Wildman–Crippen MR) is 61.1 cm³/mol. The van der Waals surface area contributed by atoms with Gasteiger partial charge in [0.2, 0.25) is 0 Å². The first-order valence-corrected chi connectivity index (χ1v) is 6.01. The maximum atomic E-state index is 4.43. The Labute approximate surface area is 93.3 Å². The van der Waals surface area contributed by atoms with E-state index in [0.717, 1.165) is 16.7 Å². The Morgan fingerprint density at radius 3 is 3.14 bits per heavy atom. The molecule has 2 heterocycles. The monoisotopic (exact) mass is 254 g/mol. The molecule has 1 aliphatic heterocycles. The van der Waals surface area contributed by atoms with Crippen LogP contribution in [0.15, 0.2) is 22.8 Å². The van der Waals surface area contributed by atoms with Crippen molar-refractivity contribution in [2.24, 2.45) is 0 Å². The molecule has 1 aromatic rings. The van der Waals surface area contributed by atoms with Crippen LogP contribution in [-0.4, -0.2) is 11.5 Å². The highest BCUT2D eigenvalue weighted by molar-refractivity contribution is 9.10. The van der Waals surface area contributed by atoms with E-state index in [1.165, 1.54) is 25.7 Å². The lowest BCUT2D eigenvalue weighted by atomic mass is 10.1. The minimum atomic E-state index is 0.438. The van der Waals surface area contributed by atoms with Crippen molar-refractivity contribution in [1.29, 1.82) is 0 Å². The third-order valence-electron chi connectivity index (χ3n) is 2.68. The minimum Gasteiger partial charge on any atom is -0.309 e. The van der Waals surface area contributed by atoms with E-state index in [9.17, 15) is 0 Å². The van der Waals surface area contributed by atoms with E-state index in [1.807, 2.05) is 12.3 Å². The molecule has 1 fully saturated rings. The Morgan fingerprint density at radius 2 is 2.29 bits per heavy atom. The van der Waals surface area contributed by atoms with Crippen molar-refractivity contribution in [2.75, 3.05) is 6.54 Å². The molecule has 1 aliphatic rings. The van der Waals surface area contributed by atoms with Crippen molar-refractivity contribution in [2.45, 2.75) is 31.7 Å². The van der Waals surface area contributed by atoms with Crippen LogP contribution in [0.3, 0.4) is 0 Å². The Bertz CT molecular complexity index is 293. The largest absolute Gasteiger partial charge is 0.309 e. The summed E-state index contributed by atoms with van der Waals surface area (Å²) in [7, 11) is 0. The van der Waals surface area contributed by atoms with Gasteiger partial charge in [-0.2, -0.15) is 0 Å². The number of nitrogens with one attached hydrogen (secondary N) is 1. The molecule has 2 nitrogen and oxygen atoms in total. The molecule has 0 saturated carbocycles. The summed E-state index contributed by atoms with van der Waals surface area (Å²) in [5.41, 5.74) is 1.16. The third kappa shape index (κ3) is 2.34. The predicted octanol–water partition coefficient (Wildman–Crippen LogP) is 3.05. The third-order valence-corrected chi connectivity index (χ3v) is 3.35. The molecule has 1 saturated heterocycles. The van der Waals surface area contributed by atoms with Crippen LogP contribution in [0.4, 0.5) is 0 Å². The maximum Gasteiger partial charge on any atom is 0.0714 e. The molecule has 1 atom stereocenters. The average molecular weight is 255 g/mol. The zero-order chi connectivity index (χ0) is 9.80. The fraction of sp³-hybridized carbons (Fsp3) is 0.545. The summed E-state index contributed by atoms with van der Waals surface area (Å²) >= 11 is 3.55. The maximum absolute atomic E-state index is 4.43. The Balaban J connectivity index is 2.16. The molecular formula is C11H15BrN2. The van der Waals surface area contributed by atoms with Crippen molar-refractivity contribution < 1.29 is 0 Å². The summed E-state index contributed by atoms with van der Waals surface area (Å²) < 4.78 is 1.12. The van der Waals surface area contributed by atoms with Gasteiger partial charge in [-0.25, -0.2) is 0 Å². The summed E-state index contributed by atoms with van der Waals surface area (Å²) in [5, 5.41) is 3.55. The van der Waals surface area contributed by atoms with E-state index in [-0.39, 0.29) is 0 Å². The lowest BCUT2D eigenvalue weighted by Crippen LogP contribution is -2.21. The Hall–Kier alpha value is -0.410. The molecule has 76 valence electrons. The zero-order valence-electron chi connectivity index (χ0n) is 8.17. The first-order chi connectivity index (χ1) is 6.88. The first-order valence-electron chi connectivity index (χ1n) is 5.22. The fourth-order valence-corrected chi connectivity index (χ4v) is 2.45. The number of rotatable bonds is 1. The lowest BCUT2D eigenvalue weighted by Gasteiger charge is -2.16. The van der Waals surface area contributed by atoms with Crippen LogP contribution in [0, 0.1) is 0 Å². The second kappa shape index (κ2) is 4.89.